The van der Waals surface area contributed by atoms with Gasteiger partial charge < -0.3 is 10.1 Å². The van der Waals surface area contributed by atoms with E-state index in [2.05, 4.69) is 5.32 Å². The van der Waals surface area contributed by atoms with E-state index in [0.29, 0.717) is 17.9 Å². The molecule has 2 rings (SSSR count). The molecule has 0 saturated heterocycles. The molecule has 0 amide bonds. The molecule has 0 aromatic heterocycles. The molecule has 2 aromatic rings. The molecule has 0 heterocycles. The lowest BCUT2D eigenvalue weighted by atomic mass is 10.1. The molecule has 0 saturated carbocycles. The monoisotopic (exact) mass is 259 g/mol. The van der Waals surface area contributed by atoms with Crippen LogP contribution in [0.15, 0.2) is 48.5 Å². The minimum Gasteiger partial charge on any atom is -0.492 e. The number of rotatable bonds is 5. The van der Waals surface area contributed by atoms with Crippen molar-refractivity contribution in [1.29, 1.82) is 0 Å². The van der Waals surface area contributed by atoms with Gasteiger partial charge in [0.15, 0.2) is 0 Å². The first kappa shape index (κ1) is 13.6. The first-order chi connectivity index (χ1) is 9.20. The number of aryl methyl sites for hydroxylation is 1. The van der Waals surface area contributed by atoms with Crippen molar-refractivity contribution in [1.82, 2.24) is 5.32 Å². The van der Waals surface area contributed by atoms with Gasteiger partial charge in [0, 0.05) is 6.07 Å². The van der Waals surface area contributed by atoms with Crippen LogP contribution in [0.25, 0.3) is 0 Å². The zero-order chi connectivity index (χ0) is 13.7. The highest BCUT2D eigenvalue weighted by atomic mass is 19.1. The highest BCUT2D eigenvalue weighted by Crippen LogP contribution is 2.18. The number of benzene rings is 2. The van der Waals surface area contributed by atoms with E-state index in [1.54, 1.807) is 19.1 Å². The van der Waals surface area contributed by atoms with Crippen molar-refractivity contribution >= 4 is 0 Å². The van der Waals surface area contributed by atoms with Crippen LogP contribution < -0.4 is 10.1 Å². The predicted octanol–water partition coefficient (Wildman–Crippen LogP) is 3.47. The Kier molecular flexibility index (Phi) is 4.53. The van der Waals surface area contributed by atoms with Gasteiger partial charge >= 0.3 is 0 Å². The van der Waals surface area contributed by atoms with Crippen LogP contribution in [0.4, 0.5) is 4.39 Å². The maximum absolute atomic E-state index is 13.4. The van der Waals surface area contributed by atoms with Crippen LogP contribution in [-0.2, 0) is 0 Å². The van der Waals surface area contributed by atoms with Crippen molar-refractivity contribution < 1.29 is 9.13 Å². The Morgan fingerprint density at radius 2 is 1.89 bits per heavy atom. The number of halogens is 1. The van der Waals surface area contributed by atoms with Gasteiger partial charge in [-0.15, -0.1) is 0 Å². The fourth-order valence-electron chi connectivity index (χ4n) is 1.87. The smallest absolute Gasteiger partial charge is 0.129 e. The summed E-state index contributed by atoms with van der Waals surface area (Å²) in [4.78, 5) is 0. The van der Waals surface area contributed by atoms with Gasteiger partial charge in [-0.05, 0) is 31.2 Å². The molecule has 0 aliphatic carbocycles. The minimum atomic E-state index is -0.238. The van der Waals surface area contributed by atoms with Gasteiger partial charge in [0.1, 0.15) is 18.2 Å². The van der Waals surface area contributed by atoms with E-state index < -0.39 is 0 Å². The summed E-state index contributed by atoms with van der Waals surface area (Å²) in [6, 6.07) is 15.1. The Bertz CT molecular complexity index is 528. The van der Waals surface area contributed by atoms with Gasteiger partial charge in [0.05, 0.1) is 6.04 Å². The second-order valence-corrected chi connectivity index (χ2v) is 4.47. The minimum absolute atomic E-state index is 0.0885. The molecular weight excluding hydrogens is 241 g/mol. The summed E-state index contributed by atoms with van der Waals surface area (Å²) in [6.07, 6.45) is 0. The van der Waals surface area contributed by atoms with Crippen molar-refractivity contribution in [3.05, 3.63) is 65.5 Å². The molecule has 0 fully saturated rings. The lowest BCUT2D eigenvalue weighted by Crippen LogP contribution is -2.23. The fourth-order valence-corrected chi connectivity index (χ4v) is 1.87. The summed E-state index contributed by atoms with van der Waals surface area (Å²) < 4.78 is 19.1. The molecule has 2 nitrogen and oxygen atoms in total. The summed E-state index contributed by atoms with van der Waals surface area (Å²) in [5, 5.41) is 3.20. The summed E-state index contributed by atoms with van der Waals surface area (Å²) in [5.41, 5.74) is 1.78. The van der Waals surface area contributed by atoms with E-state index in [1.807, 2.05) is 37.4 Å². The molecule has 0 spiro atoms. The van der Waals surface area contributed by atoms with Gasteiger partial charge in [-0.3, -0.25) is 0 Å². The van der Waals surface area contributed by atoms with Crippen molar-refractivity contribution in [3.8, 4) is 5.75 Å². The first-order valence-corrected chi connectivity index (χ1v) is 6.32. The van der Waals surface area contributed by atoms with Gasteiger partial charge in [0.2, 0.25) is 0 Å². The van der Waals surface area contributed by atoms with Crippen LogP contribution >= 0.6 is 0 Å². The van der Waals surface area contributed by atoms with E-state index in [1.165, 1.54) is 6.07 Å². The van der Waals surface area contributed by atoms with Crippen LogP contribution in [0.2, 0.25) is 0 Å². The summed E-state index contributed by atoms with van der Waals surface area (Å²) in [5.74, 6) is 0.317. The van der Waals surface area contributed by atoms with E-state index in [9.17, 15) is 4.39 Å². The average Bonchev–Trinajstić information content (AvgIpc) is 2.44. The second-order valence-electron chi connectivity index (χ2n) is 4.47. The third kappa shape index (κ3) is 3.55. The Hall–Kier alpha value is -1.87. The summed E-state index contributed by atoms with van der Waals surface area (Å²) in [6.45, 7) is 2.20. The third-order valence-corrected chi connectivity index (χ3v) is 3.11. The van der Waals surface area contributed by atoms with Gasteiger partial charge in [-0.2, -0.15) is 0 Å². The maximum atomic E-state index is 13.4. The molecule has 0 bridgehead atoms. The number of hydrogen-bond acceptors (Lipinski definition) is 2. The standard InChI is InChI=1S/C16H18FNO/c1-12-8-9-14(10-15(12)17)19-11-16(18-2)13-6-4-3-5-7-13/h3-10,16,18H,11H2,1-2H3. The van der Waals surface area contributed by atoms with Crippen molar-refractivity contribution in [2.45, 2.75) is 13.0 Å². The number of likely N-dealkylation sites (N-methyl/N-ethyl adjacent to an activating group) is 1. The highest BCUT2D eigenvalue weighted by Gasteiger charge is 2.10. The third-order valence-electron chi connectivity index (χ3n) is 3.11. The molecule has 1 atom stereocenters. The summed E-state index contributed by atoms with van der Waals surface area (Å²) in [7, 11) is 1.89. The average molecular weight is 259 g/mol. The van der Waals surface area contributed by atoms with E-state index in [0.717, 1.165) is 5.56 Å². The number of hydrogen-bond donors (Lipinski definition) is 1. The van der Waals surface area contributed by atoms with Crippen LogP contribution in [0.3, 0.4) is 0 Å². The van der Waals surface area contributed by atoms with Gasteiger partial charge in [0.25, 0.3) is 0 Å². The Morgan fingerprint density at radius 3 is 2.53 bits per heavy atom. The normalized spacial score (nSPS) is 12.2. The Morgan fingerprint density at radius 1 is 1.16 bits per heavy atom. The molecule has 2 aromatic carbocycles. The van der Waals surface area contributed by atoms with Crippen molar-refractivity contribution in [2.24, 2.45) is 0 Å². The maximum Gasteiger partial charge on any atom is 0.129 e. The van der Waals surface area contributed by atoms with E-state index >= 15 is 0 Å². The highest BCUT2D eigenvalue weighted by molar-refractivity contribution is 5.28. The molecule has 1 unspecified atom stereocenters. The molecule has 0 aliphatic heterocycles. The zero-order valence-electron chi connectivity index (χ0n) is 11.2. The molecule has 3 heteroatoms. The first-order valence-electron chi connectivity index (χ1n) is 6.32. The molecule has 0 radical (unpaired) electrons. The summed E-state index contributed by atoms with van der Waals surface area (Å²) >= 11 is 0. The van der Waals surface area contributed by atoms with Crippen molar-refractivity contribution in [2.75, 3.05) is 13.7 Å². The van der Waals surface area contributed by atoms with Crippen LogP contribution in [0.1, 0.15) is 17.2 Å². The molecule has 0 aliphatic rings. The second kappa shape index (κ2) is 6.34. The van der Waals surface area contributed by atoms with Gasteiger partial charge in [-0.1, -0.05) is 36.4 Å². The van der Waals surface area contributed by atoms with Crippen LogP contribution in [0, 0.1) is 12.7 Å². The van der Waals surface area contributed by atoms with Crippen LogP contribution in [0.5, 0.6) is 5.75 Å². The fraction of sp³-hybridized carbons (Fsp3) is 0.250. The molecule has 1 N–H and O–H groups in total. The Labute approximate surface area is 113 Å². The predicted molar refractivity (Wildman–Crippen MR) is 74.9 cm³/mol. The van der Waals surface area contributed by atoms with Crippen LogP contribution in [-0.4, -0.2) is 13.7 Å². The molecule has 19 heavy (non-hydrogen) atoms. The van der Waals surface area contributed by atoms with Crippen molar-refractivity contribution in [3.63, 3.8) is 0 Å². The zero-order valence-corrected chi connectivity index (χ0v) is 11.2. The molecular formula is C16H18FNO. The van der Waals surface area contributed by atoms with Gasteiger partial charge in [-0.25, -0.2) is 4.39 Å². The largest absolute Gasteiger partial charge is 0.492 e. The molecule has 100 valence electrons. The lowest BCUT2D eigenvalue weighted by Gasteiger charge is -2.17. The Balaban J connectivity index is 2.02. The lowest BCUT2D eigenvalue weighted by molar-refractivity contribution is 0.272. The topological polar surface area (TPSA) is 21.3 Å². The quantitative estimate of drug-likeness (QED) is 0.887. The number of nitrogens with one attached hydrogen (secondary N) is 1. The van der Waals surface area contributed by atoms with E-state index in [-0.39, 0.29) is 11.9 Å². The van der Waals surface area contributed by atoms with E-state index in [4.69, 9.17) is 4.74 Å². The SMILES string of the molecule is CNC(COc1ccc(C)c(F)c1)c1ccccc1. The number of ether oxygens (including phenoxy) is 1.